The fourth-order valence-corrected chi connectivity index (χ4v) is 2.10. The van der Waals surface area contributed by atoms with Gasteiger partial charge in [-0.15, -0.1) is 0 Å². The molecule has 2 rings (SSSR count). The van der Waals surface area contributed by atoms with Gasteiger partial charge in [-0.3, -0.25) is 4.68 Å². The summed E-state index contributed by atoms with van der Waals surface area (Å²) in [6.45, 7) is 3.19. The number of hydrogen-bond donors (Lipinski definition) is 0. The van der Waals surface area contributed by atoms with Gasteiger partial charge in [0.2, 0.25) is 0 Å². The Hall–Kier alpha value is -0.570. The highest BCUT2D eigenvalue weighted by Crippen LogP contribution is 2.26. The minimum Gasteiger partial charge on any atom is -0.268 e. The van der Waals surface area contributed by atoms with E-state index in [0.29, 0.717) is 0 Å². The Morgan fingerprint density at radius 2 is 2.50 bits per heavy atom. The summed E-state index contributed by atoms with van der Waals surface area (Å²) >= 11 is 3.45. The minimum absolute atomic E-state index is 0.986. The second-order valence-corrected chi connectivity index (χ2v) is 3.73. The van der Waals surface area contributed by atoms with Crippen LogP contribution in [-0.2, 0) is 13.0 Å². The standard InChI is InChI=1S/C9H11BrN2/c1-2-6-12-8-5-3-4-7(8)9(10)11-12/h3-4H,2,5-6H2,1H3. The van der Waals surface area contributed by atoms with Crippen LogP contribution in [0.2, 0.25) is 0 Å². The van der Waals surface area contributed by atoms with Gasteiger partial charge in [0.15, 0.2) is 0 Å². The molecule has 0 spiro atoms. The number of fused-ring (bicyclic) bond motifs is 1. The first-order chi connectivity index (χ1) is 5.83. The lowest BCUT2D eigenvalue weighted by atomic mass is 10.3. The summed E-state index contributed by atoms with van der Waals surface area (Å²) in [6, 6.07) is 0. The topological polar surface area (TPSA) is 17.8 Å². The summed E-state index contributed by atoms with van der Waals surface area (Å²) in [5.74, 6) is 0. The van der Waals surface area contributed by atoms with Crippen LogP contribution in [0, 0.1) is 0 Å². The van der Waals surface area contributed by atoms with Crippen LogP contribution >= 0.6 is 15.9 Å². The van der Waals surface area contributed by atoms with E-state index in [0.717, 1.165) is 24.0 Å². The average molecular weight is 227 g/mol. The van der Waals surface area contributed by atoms with Crippen LogP contribution in [0.4, 0.5) is 0 Å². The van der Waals surface area contributed by atoms with Gasteiger partial charge in [-0.1, -0.05) is 19.1 Å². The molecule has 0 N–H and O–H groups in total. The van der Waals surface area contributed by atoms with E-state index in [-0.39, 0.29) is 0 Å². The summed E-state index contributed by atoms with van der Waals surface area (Å²) in [5.41, 5.74) is 2.62. The minimum atomic E-state index is 0.986. The zero-order valence-corrected chi connectivity index (χ0v) is 8.63. The maximum absolute atomic E-state index is 4.40. The quantitative estimate of drug-likeness (QED) is 0.759. The fourth-order valence-electron chi connectivity index (χ4n) is 1.54. The monoisotopic (exact) mass is 226 g/mol. The number of aryl methyl sites for hydroxylation is 1. The third kappa shape index (κ3) is 1.12. The number of halogens is 1. The van der Waals surface area contributed by atoms with E-state index >= 15 is 0 Å². The summed E-state index contributed by atoms with van der Waals surface area (Å²) in [7, 11) is 0. The lowest BCUT2D eigenvalue weighted by Gasteiger charge is -2.01. The highest BCUT2D eigenvalue weighted by Gasteiger charge is 2.15. The van der Waals surface area contributed by atoms with E-state index in [9.17, 15) is 0 Å². The maximum atomic E-state index is 4.40. The molecule has 0 aromatic carbocycles. The normalized spacial score (nSPS) is 13.8. The molecule has 0 radical (unpaired) electrons. The SMILES string of the molecule is CCCn1nc(Br)c2c1CC=C2. The van der Waals surface area contributed by atoms with E-state index in [1.54, 1.807) is 0 Å². The summed E-state index contributed by atoms with van der Waals surface area (Å²) in [5, 5.41) is 4.40. The zero-order valence-electron chi connectivity index (χ0n) is 7.05. The number of allylic oxidation sites excluding steroid dienone is 1. The lowest BCUT2D eigenvalue weighted by Crippen LogP contribution is -2.02. The van der Waals surface area contributed by atoms with E-state index in [4.69, 9.17) is 0 Å². The molecule has 0 unspecified atom stereocenters. The van der Waals surface area contributed by atoms with Gasteiger partial charge in [0.25, 0.3) is 0 Å². The van der Waals surface area contributed by atoms with Crippen LogP contribution in [0.25, 0.3) is 6.08 Å². The average Bonchev–Trinajstić information content (AvgIpc) is 2.58. The van der Waals surface area contributed by atoms with Gasteiger partial charge < -0.3 is 0 Å². The Kier molecular flexibility index (Phi) is 2.05. The molecule has 1 aromatic rings. The predicted molar refractivity (Wildman–Crippen MR) is 53.0 cm³/mol. The molecule has 3 heteroatoms. The number of rotatable bonds is 2. The molecule has 0 bridgehead atoms. The smallest absolute Gasteiger partial charge is 0.135 e. The summed E-state index contributed by atoms with van der Waals surface area (Å²) in [4.78, 5) is 0. The molecular formula is C9H11BrN2. The molecule has 1 aliphatic rings. The van der Waals surface area contributed by atoms with Crippen molar-refractivity contribution < 1.29 is 0 Å². The van der Waals surface area contributed by atoms with Crippen molar-refractivity contribution in [2.24, 2.45) is 0 Å². The number of nitrogens with zero attached hydrogens (tertiary/aromatic N) is 2. The van der Waals surface area contributed by atoms with E-state index in [1.165, 1.54) is 11.3 Å². The molecule has 0 fully saturated rings. The van der Waals surface area contributed by atoms with Crippen molar-refractivity contribution in [2.75, 3.05) is 0 Å². The van der Waals surface area contributed by atoms with Crippen molar-refractivity contribution in [1.29, 1.82) is 0 Å². The lowest BCUT2D eigenvalue weighted by molar-refractivity contribution is 0.579. The van der Waals surface area contributed by atoms with Crippen molar-refractivity contribution in [3.8, 4) is 0 Å². The second-order valence-electron chi connectivity index (χ2n) is 2.98. The zero-order chi connectivity index (χ0) is 8.55. The Morgan fingerprint density at radius 3 is 3.25 bits per heavy atom. The van der Waals surface area contributed by atoms with Crippen molar-refractivity contribution in [1.82, 2.24) is 9.78 Å². The Bertz CT molecular complexity index is 326. The van der Waals surface area contributed by atoms with E-state index in [1.807, 2.05) is 0 Å². The van der Waals surface area contributed by atoms with Crippen LogP contribution in [0.15, 0.2) is 10.7 Å². The van der Waals surface area contributed by atoms with Crippen molar-refractivity contribution in [3.05, 3.63) is 21.9 Å². The van der Waals surface area contributed by atoms with Gasteiger partial charge in [0.1, 0.15) is 4.60 Å². The Labute approximate surface area is 80.4 Å². The van der Waals surface area contributed by atoms with Crippen LogP contribution in [0.5, 0.6) is 0 Å². The van der Waals surface area contributed by atoms with Crippen molar-refractivity contribution in [3.63, 3.8) is 0 Å². The third-order valence-electron chi connectivity index (χ3n) is 2.08. The van der Waals surface area contributed by atoms with Crippen LogP contribution < -0.4 is 0 Å². The number of aromatic nitrogens is 2. The van der Waals surface area contributed by atoms with E-state index < -0.39 is 0 Å². The largest absolute Gasteiger partial charge is 0.268 e. The fraction of sp³-hybridized carbons (Fsp3) is 0.444. The van der Waals surface area contributed by atoms with Crippen LogP contribution in [-0.4, -0.2) is 9.78 Å². The van der Waals surface area contributed by atoms with Crippen molar-refractivity contribution in [2.45, 2.75) is 26.3 Å². The molecule has 0 saturated heterocycles. The molecule has 1 aromatic heterocycles. The summed E-state index contributed by atoms with van der Waals surface area (Å²) in [6.07, 6.45) is 6.50. The molecular weight excluding hydrogens is 216 g/mol. The van der Waals surface area contributed by atoms with Gasteiger partial charge >= 0.3 is 0 Å². The molecule has 0 amide bonds. The Morgan fingerprint density at radius 1 is 1.67 bits per heavy atom. The molecule has 2 nitrogen and oxygen atoms in total. The molecule has 0 atom stereocenters. The molecule has 0 saturated carbocycles. The highest BCUT2D eigenvalue weighted by molar-refractivity contribution is 9.10. The van der Waals surface area contributed by atoms with Gasteiger partial charge in [0, 0.05) is 18.5 Å². The van der Waals surface area contributed by atoms with Gasteiger partial charge in [-0.25, -0.2) is 0 Å². The third-order valence-corrected chi connectivity index (χ3v) is 2.67. The summed E-state index contributed by atoms with van der Waals surface area (Å²) < 4.78 is 3.08. The number of hydrogen-bond acceptors (Lipinski definition) is 1. The van der Waals surface area contributed by atoms with Gasteiger partial charge in [-0.05, 0) is 22.4 Å². The predicted octanol–water partition coefficient (Wildman–Crippen LogP) is 2.62. The first-order valence-electron chi connectivity index (χ1n) is 4.24. The van der Waals surface area contributed by atoms with Gasteiger partial charge in [0.05, 0.1) is 5.69 Å². The molecule has 1 aliphatic carbocycles. The Balaban J connectivity index is 2.41. The molecule has 12 heavy (non-hydrogen) atoms. The molecule has 64 valence electrons. The van der Waals surface area contributed by atoms with Gasteiger partial charge in [-0.2, -0.15) is 5.10 Å². The van der Waals surface area contributed by atoms with Crippen LogP contribution in [0.3, 0.4) is 0 Å². The molecule has 0 aliphatic heterocycles. The molecule has 1 heterocycles. The first-order valence-corrected chi connectivity index (χ1v) is 5.04. The first kappa shape index (κ1) is 8.05. The van der Waals surface area contributed by atoms with Crippen molar-refractivity contribution >= 4 is 22.0 Å². The highest BCUT2D eigenvalue weighted by atomic mass is 79.9. The van der Waals surface area contributed by atoms with E-state index in [2.05, 4.69) is 44.8 Å². The second kappa shape index (κ2) is 3.05. The van der Waals surface area contributed by atoms with Crippen LogP contribution in [0.1, 0.15) is 24.6 Å². The maximum Gasteiger partial charge on any atom is 0.135 e.